The third-order valence-electron chi connectivity index (χ3n) is 4.84. The van der Waals surface area contributed by atoms with Gasteiger partial charge in [-0.3, -0.25) is 4.79 Å². The molecule has 32 heavy (non-hydrogen) atoms. The van der Waals surface area contributed by atoms with Crippen molar-refractivity contribution in [2.75, 3.05) is 5.32 Å². The van der Waals surface area contributed by atoms with Crippen LogP contribution in [0.3, 0.4) is 0 Å². The van der Waals surface area contributed by atoms with Crippen molar-refractivity contribution in [3.63, 3.8) is 0 Å². The number of benzene rings is 2. The quantitative estimate of drug-likeness (QED) is 0.433. The number of anilines is 1. The number of nitrogens with one attached hydrogen (secondary N) is 1. The van der Waals surface area contributed by atoms with Gasteiger partial charge in [-0.2, -0.15) is 18.3 Å². The number of hydrogen-bond acceptors (Lipinski definition) is 4. The standard InChI is InChI=1S/C22H16F3N3O4/c1-2-18(29)27-19-16-9-12(3-8-17(16)32-20(19)21(30)31)13-10-26-28(11-13)15-6-4-14(5-7-15)22(23,24)25/h3-11H,2H2,1H3,(H,27,29)(H,30,31). The number of halogens is 3. The molecule has 0 aliphatic rings. The van der Waals surface area contributed by atoms with E-state index < -0.39 is 17.7 Å². The van der Waals surface area contributed by atoms with E-state index in [1.807, 2.05) is 0 Å². The number of carbonyl (C=O) groups excluding carboxylic acids is 1. The maximum Gasteiger partial charge on any atom is 0.416 e. The Labute approximate surface area is 179 Å². The van der Waals surface area contributed by atoms with E-state index in [4.69, 9.17) is 4.42 Å². The molecule has 2 aromatic carbocycles. The summed E-state index contributed by atoms with van der Waals surface area (Å²) in [5.74, 6) is -2.06. The first kappa shape index (κ1) is 21.2. The molecule has 0 bridgehead atoms. The van der Waals surface area contributed by atoms with Crippen LogP contribution in [0.2, 0.25) is 0 Å². The van der Waals surface area contributed by atoms with Crippen molar-refractivity contribution >= 4 is 28.5 Å². The SMILES string of the molecule is CCC(=O)Nc1c(C(=O)O)oc2ccc(-c3cnn(-c4ccc(C(F)(F)F)cc4)c3)cc12. The number of fused-ring (bicyclic) bond motifs is 1. The maximum atomic E-state index is 12.8. The van der Waals surface area contributed by atoms with Crippen LogP contribution in [0.4, 0.5) is 18.9 Å². The minimum Gasteiger partial charge on any atom is -0.475 e. The monoisotopic (exact) mass is 443 g/mol. The Morgan fingerprint density at radius 2 is 1.84 bits per heavy atom. The second kappa shape index (κ2) is 7.88. The summed E-state index contributed by atoms with van der Waals surface area (Å²) < 4.78 is 45.1. The molecule has 0 unspecified atom stereocenters. The molecule has 164 valence electrons. The highest BCUT2D eigenvalue weighted by Crippen LogP contribution is 2.35. The van der Waals surface area contributed by atoms with Gasteiger partial charge in [0.1, 0.15) is 11.3 Å². The van der Waals surface area contributed by atoms with Crippen LogP contribution in [0.5, 0.6) is 0 Å². The third-order valence-corrected chi connectivity index (χ3v) is 4.84. The molecule has 2 heterocycles. The number of rotatable bonds is 5. The molecule has 0 saturated heterocycles. The lowest BCUT2D eigenvalue weighted by Gasteiger charge is -2.07. The fourth-order valence-electron chi connectivity index (χ4n) is 3.20. The number of aromatic nitrogens is 2. The van der Waals surface area contributed by atoms with E-state index in [0.29, 0.717) is 22.2 Å². The summed E-state index contributed by atoms with van der Waals surface area (Å²) >= 11 is 0. The lowest BCUT2D eigenvalue weighted by molar-refractivity contribution is -0.137. The molecule has 0 saturated carbocycles. The highest BCUT2D eigenvalue weighted by molar-refractivity contribution is 6.09. The molecule has 0 aliphatic heterocycles. The van der Waals surface area contributed by atoms with Gasteiger partial charge in [0.15, 0.2) is 0 Å². The lowest BCUT2D eigenvalue weighted by Crippen LogP contribution is -2.11. The van der Waals surface area contributed by atoms with Gasteiger partial charge >= 0.3 is 12.1 Å². The number of alkyl halides is 3. The Hall–Kier alpha value is -4.08. The number of furan rings is 1. The molecule has 1 amide bonds. The predicted octanol–water partition coefficient (Wildman–Crippen LogP) is 5.35. The topological polar surface area (TPSA) is 97.4 Å². The van der Waals surface area contributed by atoms with Gasteiger partial charge in [0, 0.05) is 23.6 Å². The Balaban J connectivity index is 1.71. The highest BCUT2D eigenvalue weighted by atomic mass is 19.4. The largest absolute Gasteiger partial charge is 0.475 e. The van der Waals surface area contributed by atoms with Crippen molar-refractivity contribution in [2.45, 2.75) is 19.5 Å². The zero-order chi connectivity index (χ0) is 23.0. The van der Waals surface area contributed by atoms with E-state index >= 15 is 0 Å². The van der Waals surface area contributed by atoms with Crippen LogP contribution in [-0.2, 0) is 11.0 Å². The summed E-state index contributed by atoms with van der Waals surface area (Å²) in [6.45, 7) is 1.64. The molecule has 4 rings (SSSR count). The molecule has 0 spiro atoms. The second-order valence-corrected chi connectivity index (χ2v) is 6.94. The Morgan fingerprint density at radius 1 is 1.12 bits per heavy atom. The first-order valence-electron chi connectivity index (χ1n) is 9.49. The van der Waals surface area contributed by atoms with Crippen LogP contribution in [0, 0.1) is 0 Å². The van der Waals surface area contributed by atoms with E-state index in [9.17, 15) is 27.9 Å². The maximum absolute atomic E-state index is 12.8. The van der Waals surface area contributed by atoms with E-state index in [0.717, 1.165) is 12.1 Å². The van der Waals surface area contributed by atoms with Gasteiger partial charge in [-0.25, -0.2) is 9.48 Å². The van der Waals surface area contributed by atoms with Crippen LogP contribution in [0.15, 0.2) is 59.3 Å². The van der Waals surface area contributed by atoms with Crippen LogP contribution < -0.4 is 5.32 Å². The van der Waals surface area contributed by atoms with E-state index in [2.05, 4.69) is 10.4 Å². The molecule has 0 radical (unpaired) electrons. The van der Waals surface area contributed by atoms with Crippen molar-refractivity contribution in [1.82, 2.24) is 9.78 Å². The molecule has 0 aliphatic carbocycles. The third kappa shape index (κ3) is 3.94. The minimum absolute atomic E-state index is 0.0660. The summed E-state index contributed by atoms with van der Waals surface area (Å²) in [6, 6.07) is 9.51. The average Bonchev–Trinajstić information content (AvgIpc) is 3.38. The van der Waals surface area contributed by atoms with Gasteiger partial charge in [0.2, 0.25) is 11.7 Å². The molecule has 2 aromatic heterocycles. The molecule has 4 aromatic rings. The number of carbonyl (C=O) groups is 2. The Morgan fingerprint density at radius 3 is 2.47 bits per heavy atom. The highest BCUT2D eigenvalue weighted by Gasteiger charge is 2.30. The molecular formula is C22H16F3N3O4. The van der Waals surface area contributed by atoms with Gasteiger partial charge in [0.25, 0.3) is 0 Å². The number of carboxylic acids is 1. The first-order valence-corrected chi connectivity index (χ1v) is 9.49. The Bertz CT molecular complexity index is 1320. The van der Waals surface area contributed by atoms with Gasteiger partial charge in [-0.05, 0) is 42.0 Å². The summed E-state index contributed by atoms with van der Waals surface area (Å²) in [4.78, 5) is 23.4. The lowest BCUT2D eigenvalue weighted by atomic mass is 10.1. The fraction of sp³-hybridized carbons (Fsp3) is 0.136. The number of carboxylic acid groups (broad SMARTS) is 1. The van der Waals surface area contributed by atoms with Gasteiger partial charge in [0.05, 0.1) is 17.4 Å². The van der Waals surface area contributed by atoms with E-state index in [1.54, 1.807) is 31.3 Å². The molecule has 0 fully saturated rings. The molecule has 2 N–H and O–H groups in total. The Kier molecular flexibility index (Phi) is 5.21. The number of aromatic carboxylic acids is 1. The van der Waals surface area contributed by atoms with Crippen molar-refractivity contribution < 1.29 is 32.3 Å². The second-order valence-electron chi connectivity index (χ2n) is 6.94. The summed E-state index contributed by atoms with van der Waals surface area (Å²) in [5, 5.41) is 16.6. The molecule has 10 heteroatoms. The van der Waals surface area contributed by atoms with Crippen LogP contribution in [-0.4, -0.2) is 26.8 Å². The normalized spacial score (nSPS) is 11.6. The number of amides is 1. The molecule has 0 atom stereocenters. The molecular weight excluding hydrogens is 427 g/mol. The number of nitrogens with zero attached hydrogens (tertiary/aromatic N) is 2. The fourth-order valence-corrected chi connectivity index (χ4v) is 3.20. The van der Waals surface area contributed by atoms with Gasteiger partial charge in [-0.15, -0.1) is 0 Å². The molecule has 7 nitrogen and oxygen atoms in total. The first-order chi connectivity index (χ1) is 15.2. The summed E-state index contributed by atoms with van der Waals surface area (Å²) in [5.41, 5.74) is 1.33. The smallest absolute Gasteiger partial charge is 0.416 e. The minimum atomic E-state index is -4.42. The van der Waals surface area contributed by atoms with Crippen LogP contribution in [0.25, 0.3) is 27.8 Å². The van der Waals surface area contributed by atoms with Crippen LogP contribution in [0.1, 0.15) is 29.5 Å². The van der Waals surface area contributed by atoms with Crippen molar-refractivity contribution in [3.8, 4) is 16.8 Å². The van der Waals surface area contributed by atoms with Crippen molar-refractivity contribution in [1.29, 1.82) is 0 Å². The van der Waals surface area contributed by atoms with Gasteiger partial charge in [-0.1, -0.05) is 13.0 Å². The van der Waals surface area contributed by atoms with E-state index in [1.165, 1.54) is 23.0 Å². The zero-order valence-corrected chi connectivity index (χ0v) is 16.6. The predicted molar refractivity (Wildman–Crippen MR) is 110 cm³/mol. The zero-order valence-electron chi connectivity index (χ0n) is 16.6. The van der Waals surface area contributed by atoms with Gasteiger partial charge < -0.3 is 14.8 Å². The van der Waals surface area contributed by atoms with Crippen LogP contribution >= 0.6 is 0 Å². The number of hydrogen-bond donors (Lipinski definition) is 2. The van der Waals surface area contributed by atoms with Crippen molar-refractivity contribution in [2.24, 2.45) is 0 Å². The average molecular weight is 443 g/mol. The van der Waals surface area contributed by atoms with Crippen molar-refractivity contribution in [3.05, 3.63) is 66.2 Å². The van der Waals surface area contributed by atoms with E-state index in [-0.39, 0.29) is 29.4 Å². The summed E-state index contributed by atoms with van der Waals surface area (Å²) in [6.07, 6.45) is -1.10. The summed E-state index contributed by atoms with van der Waals surface area (Å²) in [7, 11) is 0.